The van der Waals surface area contributed by atoms with E-state index >= 15 is 0 Å². The highest BCUT2D eigenvalue weighted by atomic mass is 16.2. The summed E-state index contributed by atoms with van der Waals surface area (Å²) in [5, 5.41) is 10.3. The van der Waals surface area contributed by atoms with E-state index in [2.05, 4.69) is 27.4 Å². The standard InChI is InChI=1S/C25H41N9O/c1-2-13-27-25(35)33-14-11-19(12-15-33)29-22-21-23(34(16-28-21)20-5-3-4-6-20)32-24(31-22)30-18-9-7-17(26)8-10-18/h16-20H,2-15,26H2,1H3,(H,27,35)(H2,29,30,31,32). The Labute approximate surface area is 207 Å². The fourth-order valence-electron chi connectivity index (χ4n) is 5.74. The molecule has 2 aliphatic carbocycles. The number of likely N-dealkylation sites (tertiary alicyclic amines) is 1. The number of carbonyl (C=O) groups excluding carboxylic acids is 1. The van der Waals surface area contributed by atoms with Gasteiger partial charge in [0.25, 0.3) is 0 Å². The molecular formula is C25H41N9O. The number of nitrogens with one attached hydrogen (secondary N) is 3. The van der Waals surface area contributed by atoms with Crippen molar-refractivity contribution in [2.45, 2.75) is 102 Å². The van der Waals surface area contributed by atoms with Crippen LogP contribution in [0.5, 0.6) is 0 Å². The molecule has 1 aliphatic heterocycles. The van der Waals surface area contributed by atoms with Gasteiger partial charge < -0.3 is 31.2 Å². The van der Waals surface area contributed by atoms with E-state index in [1.54, 1.807) is 0 Å². The summed E-state index contributed by atoms with van der Waals surface area (Å²) in [7, 11) is 0. The minimum atomic E-state index is 0.0451. The third-order valence-corrected chi connectivity index (χ3v) is 7.89. The van der Waals surface area contributed by atoms with Crippen LogP contribution < -0.4 is 21.7 Å². The van der Waals surface area contributed by atoms with E-state index in [0.29, 0.717) is 24.1 Å². The molecule has 2 amide bonds. The van der Waals surface area contributed by atoms with Crippen LogP contribution in [0.25, 0.3) is 11.2 Å². The van der Waals surface area contributed by atoms with Gasteiger partial charge in [-0.2, -0.15) is 9.97 Å². The number of nitrogens with two attached hydrogens (primary N) is 1. The quantitative estimate of drug-likeness (QED) is 0.474. The average Bonchev–Trinajstić information content (AvgIpc) is 3.54. The molecule has 2 aromatic heterocycles. The smallest absolute Gasteiger partial charge is 0.317 e. The second-order valence-electron chi connectivity index (χ2n) is 10.6. The van der Waals surface area contributed by atoms with Crippen LogP contribution >= 0.6 is 0 Å². The summed E-state index contributed by atoms with van der Waals surface area (Å²) in [6.45, 7) is 4.28. The lowest BCUT2D eigenvalue weighted by molar-refractivity contribution is 0.183. The average molecular weight is 484 g/mol. The minimum absolute atomic E-state index is 0.0451. The molecule has 2 aromatic rings. The summed E-state index contributed by atoms with van der Waals surface area (Å²) in [6.07, 6.45) is 13.7. The molecule has 0 spiro atoms. The van der Waals surface area contributed by atoms with Crippen molar-refractivity contribution < 1.29 is 4.79 Å². The van der Waals surface area contributed by atoms with Crippen LogP contribution in [0.4, 0.5) is 16.6 Å². The number of hydrogen-bond acceptors (Lipinski definition) is 7. The predicted octanol–water partition coefficient (Wildman–Crippen LogP) is 3.62. The summed E-state index contributed by atoms with van der Waals surface area (Å²) in [5.74, 6) is 1.48. The molecule has 3 heterocycles. The van der Waals surface area contributed by atoms with Gasteiger partial charge in [0.2, 0.25) is 5.95 Å². The van der Waals surface area contributed by atoms with Crippen molar-refractivity contribution in [2.75, 3.05) is 30.3 Å². The molecule has 5 N–H and O–H groups in total. The van der Waals surface area contributed by atoms with Crippen molar-refractivity contribution in [3.63, 3.8) is 0 Å². The van der Waals surface area contributed by atoms with Gasteiger partial charge in [0.15, 0.2) is 17.0 Å². The number of rotatable bonds is 7. The number of hydrogen-bond donors (Lipinski definition) is 4. The number of urea groups is 1. The van der Waals surface area contributed by atoms with E-state index in [9.17, 15) is 4.79 Å². The third-order valence-electron chi connectivity index (χ3n) is 7.89. The number of piperidine rings is 1. The second kappa shape index (κ2) is 11.0. The number of nitrogens with zero attached hydrogens (tertiary/aromatic N) is 5. The number of anilines is 2. The van der Waals surface area contributed by atoms with Crippen LogP contribution in [-0.2, 0) is 0 Å². The van der Waals surface area contributed by atoms with E-state index < -0.39 is 0 Å². The van der Waals surface area contributed by atoms with E-state index in [1.807, 2.05) is 11.2 Å². The third kappa shape index (κ3) is 5.63. The zero-order valence-electron chi connectivity index (χ0n) is 21.0. The fraction of sp³-hybridized carbons (Fsp3) is 0.760. The van der Waals surface area contributed by atoms with Gasteiger partial charge in [0.05, 0.1) is 6.33 Å². The van der Waals surface area contributed by atoms with Gasteiger partial charge in [-0.15, -0.1) is 0 Å². The summed E-state index contributed by atoms with van der Waals surface area (Å²) in [4.78, 5) is 28.9. The number of fused-ring (bicyclic) bond motifs is 1. The Kier molecular flexibility index (Phi) is 7.55. The fourth-order valence-corrected chi connectivity index (χ4v) is 5.74. The Morgan fingerprint density at radius 1 is 1.00 bits per heavy atom. The molecule has 10 heteroatoms. The number of aromatic nitrogens is 4. The van der Waals surface area contributed by atoms with Crippen molar-refractivity contribution in [2.24, 2.45) is 5.73 Å². The first-order chi connectivity index (χ1) is 17.1. The Morgan fingerprint density at radius 2 is 1.71 bits per heavy atom. The molecule has 3 aliphatic rings. The summed E-state index contributed by atoms with van der Waals surface area (Å²) >= 11 is 0. The Morgan fingerprint density at radius 3 is 2.43 bits per heavy atom. The summed E-state index contributed by atoms with van der Waals surface area (Å²) in [6, 6.07) is 1.43. The molecule has 0 aromatic carbocycles. The number of amides is 2. The molecule has 0 atom stereocenters. The molecule has 3 fully saturated rings. The number of carbonyl (C=O) groups is 1. The monoisotopic (exact) mass is 483 g/mol. The van der Waals surface area contributed by atoms with Gasteiger partial charge in [-0.25, -0.2) is 9.78 Å². The van der Waals surface area contributed by atoms with E-state index in [4.69, 9.17) is 20.7 Å². The van der Waals surface area contributed by atoms with E-state index in [1.165, 1.54) is 25.7 Å². The summed E-state index contributed by atoms with van der Waals surface area (Å²) < 4.78 is 2.26. The lowest BCUT2D eigenvalue weighted by atomic mass is 9.92. The van der Waals surface area contributed by atoms with Crippen LogP contribution in [0.3, 0.4) is 0 Å². The topological polar surface area (TPSA) is 126 Å². The van der Waals surface area contributed by atoms with Gasteiger partial charge in [0.1, 0.15) is 0 Å². The zero-order valence-corrected chi connectivity index (χ0v) is 21.0. The highest BCUT2D eigenvalue weighted by Crippen LogP contribution is 2.33. The van der Waals surface area contributed by atoms with Gasteiger partial charge in [-0.3, -0.25) is 0 Å². The first kappa shape index (κ1) is 24.1. The lowest BCUT2D eigenvalue weighted by Gasteiger charge is -2.32. The lowest BCUT2D eigenvalue weighted by Crippen LogP contribution is -2.47. The molecular weight excluding hydrogens is 442 g/mol. The normalized spacial score (nSPS) is 24.1. The van der Waals surface area contributed by atoms with Crippen molar-refractivity contribution >= 4 is 29.0 Å². The Balaban J connectivity index is 1.33. The molecule has 5 rings (SSSR count). The van der Waals surface area contributed by atoms with Gasteiger partial charge in [-0.05, 0) is 57.8 Å². The maximum absolute atomic E-state index is 12.3. The van der Waals surface area contributed by atoms with Crippen LogP contribution in [0.1, 0.15) is 83.6 Å². The first-order valence-electron chi connectivity index (χ1n) is 13.7. The van der Waals surface area contributed by atoms with Crippen molar-refractivity contribution in [1.82, 2.24) is 29.7 Å². The minimum Gasteiger partial charge on any atom is -0.365 e. The molecule has 0 bridgehead atoms. The van der Waals surface area contributed by atoms with Crippen LogP contribution in [0.15, 0.2) is 6.33 Å². The van der Waals surface area contributed by atoms with Crippen molar-refractivity contribution in [1.29, 1.82) is 0 Å². The van der Waals surface area contributed by atoms with Crippen LogP contribution in [-0.4, -0.2) is 68.2 Å². The maximum atomic E-state index is 12.3. The molecule has 35 heavy (non-hydrogen) atoms. The zero-order chi connectivity index (χ0) is 24.2. The second-order valence-corrected chi connectivity index (χ2v) is 10.6. The van der Waals surface area contributed by atoms with Crippen molar-refractivity contribution in [3.05, 3.63) is 6.33 Å². The van der Waals surface area contributed by atoms with Crippen LogP contribution in [0.2, 0.25) is 0 Å². The van der Waals surface area contributed by atoms with Crippen molar-refractivity contribution in [3.8, 4) is 0 Å². The Hall–Kier alpha value is -2.62. The highest BCUT2D eigenvalue weighted by molar-refractivity contribution is 5.84. The van der Waals surface area contributed by atoms with Gasteiger partial charge in [0, 0.05) is 43.8 Å². The van der Waals surface area contributed by atoms with Gasteiger partial charge >= 0.3 is 6.03 Å². The predicted molar refractivity (Wildman–Crippen MR) is 139 cm³/mol. The first-order valence-corrected chi connectivity index (χ1v) is 13.7. The highest BCUT2D eigenvalue weighted by Gasteiger charge is 2.27. The molecule has 2 saturated carbocycles. The molecule has 10 nitrogen and oxygen atoms in total. The van der Waals surface area contributed by atoms with Gasteiger partial charge in [-0.1, -0.05) is 19.8 Å². The maximum Gasteiger partial charge on any atom is 0.317 e. The molecule has 0 radical (unpaired) electrons. The Bertz CT molecular complexity index is 986. The molecule has 192 valence electrons. The largest absolute Gasteiger partial charge is 0.365 e. The number of imidazole rings is 1. The van der Waals surface area contributed by atoms with E-state index in [-0.39, 0.29) is 12.1 Å². The van der Waals surface area contributed by atoms with E-state index in [0.717, 1.165) is 81.6 Å². The SMILES string of the molecule is CCCNC(=O)N1CCC(Nc2nc(NC3CCC(N)CC3)nc3c2ncn3C2CCCC2)CC1. The van der Waals surface area contributed by atoms with Crippen LogP contribution in [0, 0.1) is 0 Å². The summed E-state index contributed by atoms with van der Waals surface area (Å²) in [5.41, 5.74) is 7.87. The molecule has 0 unspecified atom stereocenters. The molecule has 1 saturated heterocycles.